The molecule has 2 amide bonds. The number of nitrogens with zero attached hydrogens (tertiary/aromatic N) is 2. The Balaban J connectivity index is 1.54. The van der Waals surface area contributed by atoms with Crippen molar-refractivity contribution < 1.29 is 14.3 Å². The number of piperazine rings is 1. The summed E-state index contributed by atoms with van der Waals surface area (Å²) >= 11 is 0. The van der Waals surface area contributed by atoms with Gasteiger partial charge in [-0.2, -0.15) is 0 Å². The molecular formula is C24H29N3O3. The summed E-state index contributed by atoms with van der Waals surface area (Å²) in [7, 11) is 0. The van der Waals surface area contributed by atoms with E-state index in [1.807, 2.05) is 49.1 Å². The molecule has 1 saturated heterocycles. The third kappa shape index (κ3) is 5.27. The Bertz CT molecular complexity index is 897. The first-order valence-electron chi connectivity index (χ1n) is 10.2. The van der Waals surface area contributed by atoms with Crippen LogP contribution in [0.5, 0.6) is 5.75 Å². The van der Waals surface area contributed by atoms with Gasteiger partial charge >= 0.3 is 0 Å². The maximum atomic E-state index is 13.0. The van der Waals surface area contributed by atoms with Crippen molar-refractivity contribution in [2.45, 2.75) is 13.8 Å². The summed E-state index contributed by atoms with van der Waals surface area (Å²) in [6, 6.07) is 13.2. The van der Waals surface area contributed by atoms with Gasteiger partial charge in [-0.05, 0) is 37.1 Å². The molecule has 1 N–H and O–H groups in total. The molecule has 2 aromatic carbocycles. The van der Waals surface area contributed by atoms with Crippen molar-refractivity contribution in [1.29, 1.82) is 0 Å². The first-order valence-corrected chi connectivity index (χ1v) is 10.2. The number of amides is 2. The van der Waals surface area contributed by atoms with Gasteiger partial charge in [0, 0.05) is 31.9 Å². The summed E-state index contributed by atoms with van der Waals surface area (Å²) in [4.78, 5) is 29.4. The number of ether oxygens (including phenoxy) is 1. The number of benzene rings is 2. The number of carbonyl (C=O) groups excluding carboxylic acids is 2. The van der Waals surface area contributed by atoms with Gasteiger partial charge in [0.25, 0.3) is 5.91 Å². The van der Waals surface area contributed by atoms with E-state index < -0.39 is 0 Å². The van der Waals surface area contributed by atoms with E-state index >= 15 is 0 Å². The van der Waals surface area contributed by atoms with Crippen LogP contribution in [0, 0.1) is 13.8 Å². The van der Waals surface area contributed by atoms with Crippen molar-refractivity contribution in [3.05, 3.63) is 71.8 Å². The Morgan fingerprint density at radius 1 is 1.03 bits per heavy atom. The second-order valence-electron chi connectivity index (χ2n) is 7.48. The first kappa shape index (κ1) is 21.6. The van der Waals surface area contributed by atoms with E-state index in [1.54, 1.807) is 18.2 Å². The second kappa shape index (κ2) is 10.1. The monoisotopic (exact) mass is 407 g/mol. The number of carbonyl (C=O) groups is 2. The highest BCUT2D eigenvalue weighted by Gasteiger charge is 2.25. The zero-order chi connectivity index (χ0) is 21.5. The van der Waals surface area contributed by atoms with E-state index in [9.17, 15) is 9.59 Å². The molecule has 0 aromatic heterocycles. The van der Waals surface area contributed by atoms with Crippen LogP contribution in [0.3, 0.4) is 0 Å². The standard InChI is InChI=1S/C24H29N3O3/c1-4-16-30-21-11-6-5-10-20(21)24(29)27-14-12-26(13-15-27)17-22(28)25-23-18(2)8-7-9-19(23)3/h4-11H,1,12-17H2,2-3H3,(H,25,28). The van der Waals surface area contributed by atoms with Crippen molar-refractivity contribution in [3.63, 3.8) is 0 Å². The fraction of sp³-hybridized carbons (Fsp3) is 0.333. The lowest BCUT2D eigenvalue weighted by atomic mass is 10.1. The van der Waals surface area contributed by atoms with Crippen molar-refractivity contribution in [2.75, 3.05) is 44.6 Å². The Morgan fingerprint density at radius 3 is 2.37 bits per heavy atom. The van der Waals surface area contributed by atoms with E-state index in [1.165, 1.54) is 0 Å². The van der Waals surface area contributed by atoms with Gasteiger partial charge in [-0.3, -0.25) is 14.5 Å². The van der Waals surface area contributed by atoms with E-state index in [-0.39, 0.29) is 11.8 Å². The number of rotatable bonds is 7. The average molecular weight is 408 g/mol. The molecule has 0 spiro atoms. The summed E-state index contributed by atoms with van der Waals surface area (Å²) in [5, 5.41) is 3.03. The van der Waals surface area contributed by atoms with Crippen LogP contribution >= 0.6 is 0 Å². The first-order chi connectivity index (χ1) is 14.5. The predicted molar refractivity (Wildman–Crippen MR) is 119 cm³/mol. The predicted octanol–water partition coefficient (Wildman–Crippen LogP) is 3.26. The highest BCUT2D eigenvalue weighted by molar-refractivity contribution is 5.97. The smallest absolute Gasteiger partial charge is 0.257 e. The Morgan fingerprint density at radius 2 is 1.70 bits per heavy atom. The molecule has 1 fully saturated rings. The summed E-state index contributed by atoms with van der Waals surface area (Å²) in [6.07, 6.45) is 1.66. The van der Waals surface area contributed by atoms with E-state index in [0.29, 0.717) is 50.6 Å². The molecule has 0 atom stereocenters. The minimum absolute atomic E-state index is 0.0321. The summed E-state index contributed by atoms with van der Waals surface area (Å²) in [5.41, 5.74) is 3.54. The number of hydrogen-bond acceptors (Lipinski definition) is 4. The van der Waals surface area contributed by atoms with Gasteiger partial charge in [0.1, 0.15) is 12.4 Å². The minimum atomic E-state index is -0.0469. The molecule has 3 rings (SSSR count). The van der Waals surface area contributed by atoms with Crippen molar-refractivity contribution in [3.8, 4) is 5.75 Å². The molecule has 6 nitrogen and oxygen atoms in total. The highest BCUT2D eigenvalue weighted by atomic mass is 16.5. The quantitative estimate of drug-likeness (QED) is 0.716. The van der Waals surface area contributed by atoms with Gasteiger partial charge in [0.05, 0.1) is 12.1 Å². The topological polar surface area (TPSA) is 61.9 Å². The van der Waals surface area contributed by atoms with Gasteiger partial charge in [-0.1, -0.05) is 43.0 Å². The number of para-hydroxylation sites is 2. The highest BCUT2D eigenvalue weighted by Crippen LogP contribution is 2.21. The third-order valence-corrected chi connectivity index (χ3v) is 5.25. The van der Waals surface area contributed by atoms with Crippen LogP contribution in [0.25, 0.3) is 0 Å². The van der Waals surface area contributed by atoms with Crippen LogP contribution in [0.4, 0.5) is 5.69 Å². The normalized spacial score (nSPS) is 14.3. The molecule has 0 radical (unpaired) electrons. The van der Waals surface area contributed by atoms with Crippen molar-refractivity contribution in [2.24, 2.45) is 0 Å². The van der Waals surface area contributed by atoms with E-state index in [2.05, 4.69) is 16.8 Å². The molecule has 30 heavy (non-hydrogen) atoms. The number of aryl methyl sites for hydroxylation is 2. The summed E-state index contributed by atoms with van der Waals surface area (Å²) < 4.78 is 5.62. The molecule has 2 aromatic rings. The van der Waals surface area contributed by atoms with Gasteiger partial charge in [0.2, 0.25) is 5.91 Å². The Kier molecular flexibility index (Phi) is 7.25. The van der Waals surface area contributed by atoms with Gasteiger partial charge < -0.3 is 15.0 Å². The van der Waals surface area contributed by atoms with Crippen LogP contribution in [-0.2, 0) is 4.79 Å². The molecule has 1 aliphatic rings. The van der Waals surface area contributed by atoms with Crippen LogP contribution in [0.1, 0.15) is 21.5 Å². The van der Waals surface area contributed by atoms with E-state index in [0.717, 1.165) is 16.8 Å². The Hall–Kier alpha value is -3.12. The van der Waals surface area contributed by atoms with E-state index in [4.69, 9.17) is 4.74 Å². The third-order valence-electron chi connectivity index (χ3n) is 5.25. The molecule has 6 heteroatoms. The van der Waals surface area contributed by atoms with Gasteiger partial charge in [-0.15, -0.1) is 0 Å². The lowest BCUT2D eigenvalue weighted by Crippen LogP contribution is -2.50. The van der Waals surface area contributed by atoms with Crippen LogP contribution < -0.4 is 10.1 Å². The summed E-state index contributed by atoms with van der Waals surface area (Å²) in [6.45, 7) is 10.8. The summed E-state index contributed by atoms with van der Waals surface area (Å²) in [5.74, 6) is 0.488. The number of hydrogen-bond donors (Lipinski definition) is 1. The molecule has 1 heterocycles. The average Bonchev–Trinajstić information content (AvgIpc) is 2.75. The second-order valence-corrected chi connectivity index (χ2v) is 7.48. The zero-order valence-electron chi connectivity index (χ0n) is 17.7. The fourth-order valence-electron chi connectivity index (χ4n) is 3.59. The molecule has 1 aliphatic heterocycles. The largest absolute Gasteiger partial charge is 0.489 e. The van der Waals surface area contributed by atoms with Crippen molar-refractivity contribution in [1.82, 2.24) is 9.80 Å². The lowest BCUT2D eigenvalue weighted by molar-refractivity contribution is -0.117. The molecule has 0 saturated carbocycles. The lowest BCUT2D eigenvalue weighted by Gasteiger charge is -2.34. The minimum Gasteiger partial charge on any atom is -0.489 e. The fourth-order valence-corrected chi connectivity index (χ4v) is 3.59. The molecular weight excluding hydrogens is 378 g/mol. The zero-order valence-corrected chi connectivity index (χ0v) is 17.7. The van der Waals surface area contributed by atoms with Crippen molar-refractivity contribution >= 4 is 17.5 Å². The molecule has 158 valence electrons. The number of nitrogens with one attached hydrogen (secondary N) is 1. The van der Waals surface area contributed by atoms with Gasteiger partial charge in [0.15, 0.2) is 0 Å². The van der Waals surface area contributed by atoms with Crippen LogP contribution in [0.2, 0.25) is 0 Å². The maximum Gasteiger partial charge on any atom is 0.257 e. The molecule has 0 bridgehead atoms. The SMILES string of the molecule is C=CCOc1ccccc1C(=O)N1CCN(CC(=O)Nc2c(C)cccc2C)CC1. The van der Waals surface area contributed by atoms with Crippen LogP contribution in [0.15, 0.2) is 55.1 Å². The van der Waals surface area contributed by atoms with Gasteiger partial charge in [-0.25, -0.2) is 0 Å². The maximum absolute atomic E-state index is 13.0. The molecule has 0 aliphatic carbocycles. The van der Waals surface area contributed by atoms with Crippen LogP contribution in [-0.4, -0.2) is 60.9 Å². The molecule has 0 unspecified atom stereocenters. The number of anilines is 1. The Labute approximate surface area is 178 Å².